The predicted molar refractivity (Wildman–Crippen MR) is 111 cm³/mol. The second-order valence-corrected chi connectivity index (χ2v) is 7.15. The number of esters is 1. The quantitative estimate of drug-likeness (QED) is 0.541. The lowest BCUT2D eigenvalue weighted by Gasteiger charge is -2.19. The van der Waals surface area contributed by atoms with E-state index in [-0.39, 0.29) is 30.8 Å². The molecular weight excluding hydrogens is 382 g/mol. The van der Waals surface area contributed by atoms with Crippen LogP contribution in [-0.2, 0) is 20.7 Å². The molecule has 1 aromatic heterocycles. The van der Waals surface area contributed by atoms with Gasteiger partial charge in [-0.3, -0.25) is 9.59 Å². The van der Waals surface area contributed by atoms with Crippen LogP contribution in [0.2, 0.25) is 0 Å². The number of aromatic nitrogens is 2. The molecule has 2 aromatic carbocycles. The molecule has 0 saturated carbocycles. The molecule has 7 heteroatoms. The van der Waals surface area contributed by atoms with Crippen molar-refractivity contribution in [2.45, 2.75) is 45.3 Å². The number of hydrogen-bond donors (Lipinski definition) is 1. The van der Waals surface area contributed by atoms with Crippen LogP contribution in [0.1, 0.15) is 44.2 Å². The number of nitrogens with zero attached hydrogens (tertiary/aromatic N) is 2. The first-order valence-corrected chi connectivity index (χ1v) is 9.93. The van der Waals surface area contributed by atoms with Crippen molar-refractivity contribution >= 4 is 11.9 Å². The maximum atomic E-state index is 12.5. The Kier molecular flexibility index (Phi) is 7.32. The molecular formula is C23H25N3O4. The molecule has 1 heterocycles. The number of carbonyl (C=O) groups is 2. The van der Waals surface area contributed by atoms with E-state index in [1.807, 2.05) is 60.7 Å². The standard InChI is InChI=1S/C23H25N3O4/c1-16(2)29-22(28)15-19(17-9-5-3-6-10-17)24-20(27)13-14-21-25-23(26-30-21)18-11-7-4-8-12-18/h3-12,16,19H,13-15H2,1-2H3,(H,24,27). The van der Waals surface area contributed by atoms with E-state index in [0.717, 1.165) is 11.1 Å². The number of rotatable bonds is 9. The number of nitrogens with one attached hydrogen (secondary N) is 1. The summed E-state index contributed by atoms with van der Waals surface area (Å²) >= 11 is 0. The lowest BCUT2D eigenvalue weighted by molar-refractivity contribution is -0.148. The highest BCUT2D eigenvalue weighted by Gasteiger charge is 2.20. The van der Waals surface area contributed by atoms with Crippen molar-refractivity contribution in [3.05, 3.63) is 72.1 Å². The molecule has 30 heavy (non-hydrogen) atoms. The van der Waals surface area contributed by atoms with Gasteiger partial charge in [0.1, 0.15) is 0 Å². The number of ether oxygens (including phenoxy) is 1. The molecule has 7 nitrogen and oxygen atoms in total. The Bertz CT molecular complexity index is 955. The van der Waals surface area contributed by atoms with E-state index in [0.29, 0.717) is 18.1 Å². The van der Waals surface area contributed by atoms with Gasteiger partial charge in [-0.2, -0.15) is 4.98 Å². The van der Waals surface area contributed by atoms with Crippen molar-refractivity contribution in [2.75, 3.05) is 0 Å². The third kappa shape index (κ3) is 6.27. The lowest BCUT2D eigenvalue weighted by atomic mass is 10.0. The van der Waals surface area contributed by atoms with Crippen molar-refractivity contribution in [2.24, 2.45) is 0 Å². The third-order valence-electron chi connectivity index (χ3n) is 4.34. The Morgan fingerprint density at radius 2 is 1.70 bits per heavy atom. The zero-order chi connectivity index (χ0) is 21.3. The molecule has 0 aliphatic carbocycles. The van der Waals surface area contributed by atoms with Crippen LogP contribution in [0, 0.1) is 0 Å². The summed E-state index contributed by atoms with van der Waals surface area (Å²) in [5, 5.41) is 6.88. The Labute approximate surface area is 175 Å². The fourth-order valence-electron chi connectivity index (χ4n) is 2.96. The van der Waals surface area contributed by atoms with E-state index in [2.05, 4.69) is 15.5 Å². The van der Waals surface area contributed by atoms with Gasteiger partial charge < -0.3 is 14.6 Å². The molecule has 1 atom stereocenters. The van der Waals surface area contributed by atoms with Crippen LogP contribution in [0.25, 0.3) is 11.4 Å². The van der Waals surface area contributed by atoms with Crippen LogP contribution in [-0.4, -0.2) is 28.1 Å². The minimum Gasteiger partial charge on any atom is -0.463 e. The predicted octanol–water partition coefficient (Wildman–Crippen LogP) is 3.87. The summed E-state index contributed by atoms with van der Waals surface area (Å²) in [5.41, 5.74) is 1.69. The molecule has 0 aliphatic heterocycles. The Morgan fingerprint density at radius 3 is 2.37 bits per heavy atom. The largest absolute Gasteiger partial charge is 0.463 e. The molecule has 0 saturated heterocycles. The highest BCUT2D eigenvalue weighted by atomic mass is 16.5. The Balaban J connectivity index is 1.59. The molecule has 0 radical (unpaired) electrons. The van der Waals surface area contributed by atoms with Gasteiger partial charge in [-0.25, -0.2) is 0 Å². The van der Waals surface area contributed by atoms with Crippen molar-refractivity contribution in [3.63, 3.8) is 0 Å². The smallest absolute Gasteiger partial charge is 0.308 e. The monoisotopic (exact) mass is 407 g/mol. The molecule has 0 aliphatic rings. The van der Waals surface area contributed by atoms with E-state index >= 15 is 0 Å². The molecule has 3 rings (SSSR count). The average Bonchev–Trinajstić information content (AvgIpc) is 3.22. The Morgan fingerprint density at radius 1 is 1.03 bits per heavy atom. The summed E-state index contributed by atoms with van der Waals surface area (Å²) in [7, 11) is 0. The van der Waals surface area contributed by atoms with E-state index in [9.17, 15) is 9.59 Å². The minimum absolute atomic E-state index is 0.0621. The van der Waals surface area contributed by atoms with Crippen molar-refractivity contribution in [1.82, 2.24) is 15.5 Å². The van der Waals surface area contributed by atoms with Crippen LogP contribution in [0.4, 0.5) is 0 Å². The highest BCUT2D eigenvalue weighted by Crippen LogP contribution is 2.19. The van der Waals surface area contributed by atoms with Gasteiger partial charge in [-0.1, -0.05) is 65.8 Å². The van der Waals surface area contributed by atoms with E-state index in [1.54, 1.807) is 13.8 Å². The van der Waals surface area contributed by atoms with Gasteiger partial charge in [0.05, 0.1) is 18.6 Å². The van der Waals surface area contributed by atoms with Gasteiger partial charge in [0.25, 0.3) is 0 Å². The molecule has 1 amide bonds. The van der Waals surface area contributed by atoms with Gasteiger partial charge in [0.2, 0.25) is 17.6 Å². The number of amides is 1. The zero-order valence-electron chi connectivity index (χ0n) is 17.1. The van der Waals surface area contributed by atoms with Gasteiger partial charge >= 0.3 is 5.97 Å². The molecule has 0 fully saturated rings. The minimum atomic E-state index is -0.465. The molecule has 1 N–H and O–H groups in total. The van der Waals surface area contributed by atoms with Crippen LogP contribution in [0.3, 0.4) is 0 Å². The SMILES string of the molecule is CC(C)OC(=O)CC(NC(=O)CCc1nc(-c2ccccc2)no1)c1ccccc1. The number of hydrogen-bond acceptors (Lipinski definition) is 6. The van der Waals surface area contributed by atoms with Crippen molar-refractivity contribution in [1.29, 1.82) is 0 Å². The molecule has 0 spiro atoms. The topological polar surface area (TPSA) is 94.3 Å². The van der Waals surface area contributed by atoms with Gasteiger partial charge in [-0.15, -0.1) is 0 Å². The summed E-state index contributed by atoms with van der Waals surface area (Å²) in [6.07, 6.45) is 0.330. The first kappa shape index (κ1) is 21.2. The van der Waals surface area contributed by atoms with Crippen LogP contribution in [0.15, 0.2) is 65.2 Å². The van der Waals surface area contributed by atoms with Gasteiger partial charge in [0, 0.05) is 18.4 Å². The molecule has 1 unspecified atom stereocenters. The summed E-state index contributed by atoms with van der Waals surface area (Å²) < 4.78 is 10.5. The van der Waals surface area contributed by atoms with Crippen molar-refractivity contribution in [3.8, 4) is 11.4 Å². The second-order valence-electron chi connectivity index (χ2n) is 7.15. The second kappa shape index (κ2) is 10.3. The first-order valence-electron chi connectivity index (χ1n) is 9.93. The van der Waals surface area contributed by atoms with Gasteiger partial charge in [-0.05, 0) is 19.4 Å². The highest BCUT2D eigenvalue weighted by molar-refractivity contribution is 5.78. The number of aryl methyl sites for hydroxylation is 1. The van der Waals surface area contributed by atoms with E-state index < -0.39 is 6.04 Å². The van der Waals surface area contributed by atoms with E-state index in [4.69, 9.17) is 9.26 Å². The normalized spacial score (nSPS) is 11.8. The van der Waals surface area contributed by atoms with E-state index in [1.165, 1.54) is 0 Å². The maximum absolute atomic E-state index is 12.5. The lowest BCUT2D eigenvalue weighted by Crippen LogP contribution is -2.31. The maximum Gasteiger partial charge on any atom is 0.308 e. The summed E-state index contributed by atoms with van der Waals surface area (Å²) in [6.45, 7) is 3.59. The van der Waals surface area contributed by atoms with Crippen LogP contribution < -0.4 is 5.32 Å². The Hall–Kier alpha value is -3.48. The summed E-state index contributed by atoms with van der Waals surface area (Å²) in [5.74, 6) is 0.313. The summed E-state index contributed by atoms with van der Waals surface area (Å²) in [6, 6.07) is 18.4. The number of carbonyl (C=O) groups excluding carboxylic acids is 2. The zero-order valence-corrected chi connectivity index (χ0v) is 17.1. The first-order chi connectivity index (χ1) is 14.5. The summed E-state index contributed by atoms with van der Waals surface area (Å²) in [4.78, 5) is 29.0. The fourth-order valence-corrected chi connectivity index (χ4v) is 2.96. The molecule has 0 bridgehead atoms. The number of benzene rings is 2. The average molecular weight is 407 g/mol. The molecule has 156 valence electrons. The molecule has 3 aromatic rings. The fraction of sp³-hybridized carbons (Fsp3) is 0.304. The van der Waals surface area contributed by atoms with Crippen LogP contribution >= 0.6 is 0 Å². The van der Waals surface area contributed by atoms with Gasteiger partial charge in [0.15, 0.2) is 0 Å². The van der Waals surface area contributed by atoms with Crippen molar-refractivity contribution < 1.29 is 18.8 Å². The van der Waals surface area contributed by atoms with Crippen LogP contribution in [0.5, 0.6) is 0 Å². The third-order valence-corrected chi connectivity index (χ3v) is 4.34.